The third-order valence-electron chi connectivity index (χ3n) is 8.22. The van der Waals surface area contributed by atoms with Crippen LogP contribution in [0.2, 0.25) is 0 Å². The van der Waals surface area contributed by atoms with Crippen LogP contribution in [0, 0.1) is 21.4 Å². The number of hydrogen-bond donors (Lipinski definition) is 1. The summed E-state index contributed by atoms with van der Waals surface area (Å²) in [7, 11) is 0. The number of nitrogens with zero attached hydrogens (tertiary/aromatic N) is 2. The topological polar surface area (TPSA) is 58.4 Å². The Kier molecular flexibility index (Phi) is 7.90. The maximum absolute atomic E-state index is 11.6. The van der Waals surface area contributed by atoms with Gasteiger partial charge in [-0.1, -0.05) is 46.2 Å². The van der Waals surface area contributed by atoms with E-state index in [1.54, 1.807) is 12.1 Å². The first kappa shape index (κ1) is 25.0. The Morgan fingerprint density at radius 2 is 1.72 bits per heavy atom. The lowest BCUT2D eigenvalue weighted by molar-refractivity contribution is -0.384. The molecule has 0 aromatic heterocycles. The number of rotatable bonds is 8. The van der Waals surface area contributed by atoms with Gasteiger partial charge in [0.1, 0.15) is 5.69 Å². The number of benzene rings is 1. The van der Waals surface area contributed by atoms with Gasteiger partial charge in [-0.25, -0.2) is 0 Å². The Balaban J connectivity index is 1.74. The fraction of sp³-hybridized carbons (Fsp3) is 0.778. The summed E-state index contributed by atoms with van der Waals surface area (Å²) in [5.41, 5.74) is 1.08. The zero-order valence-electron chi connectivity index (χ0n) is 21.2. The van der Waals surface area contributed by atoms with E-state index in [4.69, 9.17) is 0 Å². The number of hydrogen-bond acceptors (Lipinski definition) is 4. The van der Waals surface area contributed by atoms with Crippen LogP contribution in [0.5, 0.6) is 0 Å². The molecule has 0 spiro atoms. The molecule has 3 rings (SSSR count). The fourth-order valence-electron chi connectivity index (χ4n) is 6.55. The van der Waals surface area contributed by atoms with Gasteiger partial charge < -0.3 is 5.32 Å². The number of para-hydroxylation sites is 2. The van der Waals surface area contributed by atoms with Crippen molar-refractivity contribution in [2.45, 2.75) is 123 Å². The first-order valence-electron chi connectivity index (χ1n) is 12.8. The van der Waals surface area contributed by atoms with Gasteiger partial charge in [-0.15, -0.1) is 0 Å². The highest BCUT2D eigenvalue weighted by molar-refractivity contribution is 5.62. The van der Waals surface area contributed by atoms with Crippen molar-refractivity contribution in [3.63, 3.8) is 0 Å². The summed E-state index contributed by atoms with van der Waals surface area (Å²) in [5, 5.41) is 15.2. The molecule has 5 heteroatoms. The molecule has 1 heterocycles. The molecule has 0 radical (unpaired) electrons. The van der Waals surface area contributed by atoms with Crippen LogP contribution in [0.15, 0.2) is 24.3 Å². The highest BCUT2D eigenvalue weighted by Gasteiger charge is 2.42. The second-order valence-electron chi connectivity index (χ2n) is 11.8. The smallest absolute Gasteiger partial charge is 0.292 e. The summed E-state index contributed by atoms with van der Waals surface area (Å²) in [5.74, 6) is 0.834. The van der Waals surface area contributed by atoms with Crippen LogP contribution in [0.3, 0.4) is 0 Å². The standard InChI is InChI=1S/C27H45N3O2/c1-7-18-27(6,28-24-10-8-9-11-25(24)30(31)32)19-23-15-12-20(2)29(23)22-16-13-21(14-17-22)26(3,4)5/h8-11,20-23,28H,7,12-19H2,1-6H3/t20-,21?,22?,23-,27+/m0/s1. The third kappa shape index (κ3) is 5.84. The molecule has 1 aliphatic carbocycles. The maximum atomic E-state index is 11.6. The first-order chi connectivity index (χ1) is 15.0. The van der Waals surface area contributed by atoms with Gasteiger partial charge in [0.05, 0.1) is 4.92 Å². The predicted octanol–water partition coefficient (Wildman–Crippen LogP) is 7.41. The van der Waals surface area contributed by atoms with Crippen molar-refractivity contribution in [3.8, 4) is 0 Å². The minimum absolute atomic E-state index is 0.156. The van der Waals surface area contributed by atoms with Crippen molar-refractivity contribution in [2.24, 2.45) is 11.3 Å². The number of nitro groups is 1. The first-order valence-corrected chi connectivity index (χ1v) is 12.8. The molecule has 3 atom stereocenters. The van der Waals surface area contributed by atoms with Crippen LogP contribution in [0.4, 0.5) is 11.4 Å². The van der Waals surface area contributed by atoms with Crippen molar-refractivity contribution in [1.82, 2.24) is 4.90 Å². The van der Waals surface area contributed by atoms with E-state index in [-0.39, 0.29) is 16.1 Å². The molecule has 32 heavy (non-hydrogen) atoms. The molecule has 1 saturated carbocycles. The van der Waals surface area contributed by atoms with Crippen LogP contribution < -0.4 is 5.32 Å². The number of nitrogens with one attached hydrogen (secondary N) is 1. The molecule has 1 aromatic rings. The summed E-state index contributed by atoms with van der Waals surface area (Å²) < 4.78 is 0. The number of likely N-dealkylation sites (tertiary alicyclic amines) is 1. The van der Waals surface area contributed by atoms with Crippen LogP contribution in [-0.4, -0.2) is 33.5 Å². The number of anilines is 1. The normalized spacial score (nSPS) is 28.9. The fourth-order valence-corrected chi connectivity index (χ4v) is 6.55. The molecular formula is C27H45N3O2. The number of nitro benzene ring substituents is 1. The monoisotopic (exact) mass is 443 g/mol. The largest absolute Gasteiger partial charge is 0.374 e. The van der Waals surface area contributed by atoms with Gasteiger partial charge in [0.15, 0.2) is 0 Å². The summed E-state index contributed by atoms with van der Waals surface area (Å²) in [6.07, 6.45) is 10.9. The van der Waals surface area contributed by atoms with Crippen LogP contribution in [0.1, 0.15) is 99.3 Å². The lowest BCUT2D eigenvalue weighted by Crippen LogP contribution is -2.49. The molecule has 1 N–H and O–H groups in total. The van der Waals surface area contributed by atoms with E-state index in [2.05, 4.69) is 51.8 Å². The molecule has 0 bridgehead atoms. The summed E-state index contributed by atoms with van der Waals surface area (Å²) in [6.45, 7) is 14.1. The average molecular weight is 444 g/mol. The van der Waals surface area contributed by atoms with Gasteiger partial charge >= 0.3 is 0 Å². The summed E-state index contributed by atoms with van der Waals surface area (Å²) >= 11 is 0. The third-order valence-corrected chi connectivity index (χ3v) is 8.22. The SMILES string of the molecule is CCC[C@](C)(C[C@@H]1CC[C@H](C)N1C1CCC(C(C)(C)C)CC1)Nc1ccccc1[N+](=O)[O-]. The van der Waals surface area contributed by atoms with E-state index >= 15 is 0 Å². The van der Waals surface area contributed by atoms with Gasteiger partial charge in [-0.3, -0.25) is 15.0 Å². The lowest BCUT2D eigenvalue weighted by atomic mass is 9.71. The lowest BCUT2D eigenvalue weighted by Gasteiger charge is -2.45. The van der Waals surface area contributed by atoms with Crippen molar-refractivity contribution < 1.29 is 4.92 Å². The Morgan fingerprint density at radius 3 is 2.31 bits per heavy atom. The van der Waals surface area contributed by atoms with E-state index in [0.717, 1.165) is 25.2 Å². The average Bonchev–Trinajstić information content (AvgIpc) is 3.07. The van der Waals surface area contributed by atoms with Crippen LogP contribution in [0.25, 0.3) is 0 Å². The minimum Gasteiger partial charge on any atom is -0.374 e. The van der Waals surface area contributed by atoms with E-state index in [0.29, 0.717) is 29.2 Å². The Bertz CT molecular complexity index is 766. The summed E-state index contributed by atoms with van der Waals surface area (Å²) in [4.78, 5) is 14.1. The quantitative estimate of drug-likeness (QED) is 0.335. The molecule has 0 unspecified atom stereocenters. The van der Waals surface area contributed by atoms with Gasteiger partial charge in [0, 0.05) is 29.7 Å². The molecule has 1 saturated heterocycles. The van der Waals surface area contributed by atoms with Crippen LogP contribution in [-0.2, 0) is 0 Å². The summed E-state index contributed by atoms with van der Waals surface area (Å²) in [6, 6.07) is 8.96. The van der Waals surface area contributed by atoms with Crippen LogP contribution >= 0.6 is 0 Å². The zero-order valence-corrected chi connectivity index (χ0v) is 21.2. The van der Waals surface area contributed by atoms with E-state index in [9.17, 15) is 10.1 Å². The zero-order chi connectivity index (χ0) is 23.5. The molecule has 2 fully saturated rings. The van der Waals surface area contributed by atoms with Crippen molar-refractivity contribution in [3.05, 3.63) is 34.4 Å². The molecule has 1 aliphatic heterocycles. The Hall–Kier alpha value is -1.62. The second-order valence-corrected chi connectivity index (χ2v) is 11.8. The molecule has 1 aromatic carbocycles. The van der Waals surface area contributed by atoms with Crippen molar-refractivity contribution in [2.75, 3.05) is 5.32 Å². The van der Waals surface area contributed by atoms with Gasteiger partial charge in [0.25, 0.3) is 5.69 Å². The van der Waals surface area contributed by atoms with E-state index < -0.39 is 0 Å². The van der Waals surface area contributed by atoms with Crippen molar-refractivity contribution in [1.29, 1.82) is 0 Å². The molecule has 2 aliphatic rings. The van der Waals surface area contributed by atoms with Crippen molar-refractivity contribution >= 4 is 11.4 Å². The molecule has 5 nitrogen and oxygen atoms in total. The van der Waals surface area contributed by atoms with Gasteiger partial charge in [-0.05, 0) is 82.6 Å². The highest BCUT2D eigenvalue weighted by Crippen LogP contribution is 2.43. The maximum Gasteiger partial charge on any atom is 0.292 e. The predicted molar refractivity (Wildman–Crippen MR) is 134 cm³/mol. The second kappa shape index (κ2) is 10.1. The Labute approximate surface area is 195 Å². The van der Waals surface area contributed by atoms with E-state index in [1.807, 2.05) is 12.1 Å². The van der Waals surface area contributed by atoms with Gasteiger partial charge in [0.2, 0.25) is 0 Å². The van der Waals surface area contributed by atoms with Gasteiger partial charge in [-0.2, -0.15) is 0 Å². The highest BCUT2D eigenvalue weighted by atomic mass is 16.6. The molecule has 0 amide bonds. The molecule has 180 valence electrons. The van der Waals surface area contributed by atoms with E-state index in [1.165, 1.54) is 38.5 Å². The minimum atomic E-state index is -0.272. The Morgan fingerprint density at radius 1 is 1.06 bits per heavy atom. The molecular weight excluding hydrogens is 398 g/mol.